The summed E-state index contributed by atoms with van der Waals surface area (Å²) >= 11 is 1.55. The summed E-state index contributed by atoms with van der Waals surface area (Å²) in [6.07, 6.45) is 0. The van der Waals surface area contributed by atoms with E-state index < -0.39 is 0 Å². The van der Waals surface area contributed by atoms with Crippen LogP contribution in [0.4, 0.5) is 5.13 Å². The predicted octanol–water partition coefficient (Wildman–Crippen LogP) is 1.74. The zero-order valence-electron chi connectivity index (χ0n) is 12.4. The number of carbonyl (C=O) groups is 1. The summed E-state index contributed by atoms with van der Waals surface area (Å²) in [7, 11) is 1.36. The summed E-state index contributed by atoms with van der Waals surface area (Å²) < 4.78 is 4.73. The van der Waals surface area contributed by atoms with E-state index in [0.29, 0.717) is 11.4 Å². The quantitative estimate of drug-likeness (QED) is 0.840. The number of methoxy groups -OCH3 is 1. The number of nitrogens with one attached hydrogen (secondary N) is 2. The normalized spacial score (nSPS) is 13.8. The third-order valence-corrected chi connectivity index (χ3v) is 4.28. The van der Waals surface area contributed by atoms with E-state index in [9.17, 15) is 4.79 Å². The van der Waals surface area contributed by atoms with E-state index in [-0.39, 0.29) is 5.97 Å². The van der Waals surface area contributed by atoms with E-state index in [1.807, 2.05) is 19.9 Å². The molecule has 0 bridgehead atoms. The summed E-state index contributed by atoms with van der Waals surface area (Å²) in [6, 6.07) is 7.07. The van der Waals surface area contributed by atoms with E-state index in [1.165, 1.54) is 7.11 Å². The van der Waals surface area contributed by atoms with Crippen molar-refractivity contribution in [3.05, 3.63) is 46.0 Å². The van der Waals surface area contributed by atoms with Crippen LogP contribution >= 0.6 is 11.3 Å². The fourth-order valence-corrected chi connectivity index (χ4v) is 2.76. The average Bonchev–Trinajstić information content (AvgIpc) is 3.14. The van der Waals surface area contributed by atoms with Gasteiger partial charge in [0.25, 0.3) is 0 Å². The highest BCUT2D eigenvalue weighted by molar-refractivity contribution is 7.15. The van der Waals surface area contributed by atoms with E-state index in [0.717, 1.165) is 21.3 Å². The van der Waals surface area contributed by atoms with Gasteiger partial charge in [0, 0.05) is 10.4 Å². The van der Waals surface area contributed by atoms with Gasteiger partial charge in [-0.25, -0.2) is 9.78 Å². The Balaban J connectivity index is 1.87. The maximum absolute atomic E-state index is 11.6. The first-order chi connectivity index (χ1) is 10.6. The lowest BCUT2D eigenvalue weighted by Crippen LogP contribution is -2.38. The smallest absolute Gasteiger partial charge is 0.337 e. The molecular formula is C14H15N5O2S. The van der Waals surface area contributed by atoms with Crippen LogP contribution in [-0.2, 0) is 4.74 Å². The molecule has 0 atom stereocenters. The van der Waals surface area contributed by atoms with Gasteiger partial charge in [-0.1, -0.05) is 23.5 Å². The topological polar surface area (TPSA) is 78.8 Å². The highest BCUT2D eigenvalue weighted by Crippen LogP contribution is 2.25. The lowest BCUT2D eigenvalue weighted by Gasteiger charge is -2.07. The van der Waals surface area contributed by atoms with Gasteiger partial charge in [-0.2, -0.15) is 0 Å². The number of thiazole rings is 1. The van der Waals surface area contributed by atoms with E-state index >= 15 is 0 Å². The lowest BCUT2D eigenvalue weighted by molar-refractivity contribution is 0.0600. The van der Waals surface area contributed by atoms with Crippen molar-refractivity contribution in [1.29, 1.82) is 0 Å². The largest absolute Gasteiger partial charge is 0.465 e. The summed E-state index contributed by atoms with van der Waals surface area (Å²) in [6.45, 7) is 3.98. The molecule has 2 aromatic rings. The molecule has 0 unspecified atom stereocenters. The highest BCUT2D eigenvalue weighted by Gasteiger charge is 2.20. The van der Waals surface area contributed by atoms with Gasteiger partial charge >= 0.3 is 5.97 Å². The predicted molar refractivity (Wildman–Crippen MR) is 84.7 cm³/mol. The Morgan fingerprint density at radius 3 is 2.86 bits per heavy atom. The molecule has 1 aliphatic rings. The number of hydrogen-bond donors (Lipinski definition) is 2. The molecule has 2 N–H and O–H groups in total. The number of aryl methyl sites for hydroxylation is 2. The van der Waals surface area contributed by atoms with Crippen molar-refractivity contribution in [2.45, 2.75) is 13.8 Å². The first-order valence-corrected chi connectivity index (χ1v) is 7.43. The number of benzene rings is 1. The van der Waals surface area contributed by atoms with E-state index in [4.69, 9.17) is 4.74 Å². The van der Waals surface area contributed by atoms with Crippen LogP contribution in [0.2, 0.25) is 0 Å². The van der Waals surface area contributed by atoms with Crippen LogP contribution in [0.25, 0.3) is 0 Å². The third kappa shape index (κ3) is 2.66. The molecule has 1 aromatic heterocycles. The Labute approximate surface area is 131 Å². The number of amidine groups is 1. The van der Waals surface area contributed by atoms with Crippen molar-refractivity contribution < 1.29 is 9.53 Å². The third-order valence-electron chi connectivity index (χ3n) is 3.24. The van der Waals surface area contributed by atoms with Crippen LogP contribution < -0.4 is 16.1 Å². The van der Waals surface area contributed by atoms with Crippen LogP contribution in [-0.4, -0.2) is 23.9 Å². The number of nitrogens with zero attached hydrogens (tertiary/aromatic N) is 3. The number of ether oxygens (including phenoxy) is 1. The SMILES string of the molecule is COC(=O)c1cccc(C2=NN(c3nc(C)c(C)s3)NN2)c1. The van der Waals surface area contributed by atoms with Crippen LogP contribution in [0.15, 0.2) is 29.4 Å². The molecule has 0 radical (unpaired) electrons. The van der Waals surface area contributed by atoms with Crippen LogP contribution in [0.1, 0.15) is 26.5 Å². The van der Waals surface area contributed by atoms with Crippen LogP contribution in [0.3, 0.4) is 0 Å². The molecular weight excluding hydrogens is 302 g/mol. The van der Waals surface area contributed by atoms with E-state index in [1.54, 1.807) is 34.7 Å². The summed E-state index contributed by atoms with van der Waals surface area (Å²) in [4.78, 5) is 17.2. The van der Waals surface area contributed by atoms with Crippen molar-refractivity contribution in [2.24, 2.45) is 5.10 Å². The fraction of sp³-hybridized carbons (Fsp3) is 0.214. The Kier molecular flexibility index (Phi) is 3.78. The molecule has 0 fully saturated rings. The molecule has 0 saturated heterocycles. The first-order valence-electron chi connectivity index (χ1n) is 6.61. The summed E-state index contributed by atoms with van der Waals surface area (Å²) in [5.41, 5.74) is 8.15. The van der Waals surface area contributed by atoms with Crippen molar-refractivity contribution >= 4 is 28.3 Å². The Hall–Kier alpha value is -2.45. The van der Waals surface area contributed by atoms with Gasteiger partial charge in [0.15, 0.2) is 5.84 Å². The molecule has 1 aliphatic heterocycles. The second-order valence-corrected chi connectivity index (χ2v) is 5.89. The van der Waals surface area contributed by atoms with Gasteiger partial charge in [-0.05, 0) is 26.0 Å². The van der Waals surface area contributed by atoms with Crippen LogP contribution in [0, 0.1) is 13.8 Å². The number of hydrazone groups is 1. The Morgan fingerprint density at radius 1 is 1.36 bits per heavy atom. The highest BCUT2D eigenvalue weighted by atomic mass is 32.1. The molecule has 0 amide bonds. The van der Waals surface area contributed by atoms with Crippen LogP contribution in [0.5, 0.6) is 0 Å². The maximum Gasteiger partial charge on any atom is 0.337 e. The zero-order chi connectivity index (χ0) is 15.7. The van der Waals surface area contributed by atoms with Gasteiger partial charge in [0.05, 0.1) is 18.4 Å². The molecule has 2 heterocycles. The van der Waals surface area contributed by atoms with Crippen molar-refractivity contribution in [2.75, 3.05) is 12.2 Å². The van der Waals surface area contributed by atoms with Gasteiger partial charge in [-0.3, -0.25) is 5.43 Å². The average molecular weight is 317 g/mol. The number of rotatable bonds is 3. The number of hydrazine groups is 2. The van der Waals surface area contributed by atoms with Gasteiger partial charge in [-0.15, -0.1) is 15.8 Å². The molecule has 3 rings (SSSR count). The molecule has 0 saturated carbocycles. The van der Waals surface area contributed by atoms with Gasteiger partial charge in [0.2, 0.25) is 5.13 Å². The molecule has 0 aliphatic carbocycles. The minimum absolute atomic E-state index is 0.378. The Morgan fingerprint density at radius 2 is 2.18 bits per heavy atom. The lowest BCUT2D eigenvalue weighted by atomic mass is 10.1. The summed E-state index contributed by atoms with van der Waals surface area (Å²) in [5, 5.41) is 6.76. The number of anilines is 1. The summed E-state index contributed by atoms with van der Waals surface area (Å²) in [5.74, 6) is 0.229. The molecule has 7 nitrogen and oxygen atoms in total. The van der Waals surface area contributed by atoms with E-state index in [2.05, 4.69) is 21.0 Å². The number of aromatic nitrogens is 1. The van der Waals surface area contributed by atoms with Crippen molar-refractivity contribution in [3.8, 4) is 0 Å². The van der Waals surface area contributed by atoms with Crippen molar-refractivity contribution in [3.63, 3.8) is 0 Å². The minimum atomic E-state index is -0.378. The molecule has 8 heteroatoms. The number of hydrogen-bond acceptors (Lipinski definition) is 8. The number of carbonyl (C=O) groups excluding carboxylic acids is 1. The second kappa shape index (κ2) is 5.74. The first kappa shape index (κ1) is 14.5. The maximum atomic E-state index is 11.6. The molecule has 0 spiro atoms. The molecule has 1 aromatic carbocycles. The fourth-order valence-electron chi connectivity index (χ4n) is 1.93. The second-order valence-electron chi connectivity index (χ2n) is 4.71. The standard InChI is InChI=1S/C14H15N5O2S/c1-8-9(2)22-14(15-8)19-17-12(16-18-19)10-5-4-6-11(7-10)13(20)21-3/h4-7,18H,1-3H3,(H,16,17). The molecule has 114 valence electrons. The number of esters is 1. The van der Waals surface area contributed by atoms with Gasteiger partial charge < -0.3 is 4.74 Å². The van der Waals surface area contributed by atoms with Crippen molar-refractivity contribution in [1.82, 2.24) is 15.9 Å². The monoisotopic (exact) mass is 317 g/mol. The zero-order valence-corrected chi connectivity index (χ0v) is 13.2. The minimum Gasteiger partial charge on any atom is -0.465 e. The Bertz CT molecular complexity index is 736. The van der Waals surface area contributed by atoms with Gasteiger partial charge in [0.1, 0.15) is 0 Å². The molecule has 22 heavy (non-hydrogen) atoms.